The molecular formula is C56H58N8O4. The van der Waals surface area contributed by atoms with E-state index in [4.69, 9.17) is 9.97 Å². The Morgan fingerprint density at radius 1 is 0.368 bits per heavy atom. The zero-order valence-corrected chi connectivity index (χ0v) is 39.3. The summed E-state index contributed by atoms with van der Waals surface area (Å²) in [4.78, 5) is 71.9. The molecular weight excluding hydrogens is 849 g/mol. The molecule has 0 radical (unpaired) electrons. The van der Waals surface area contributed by atoms with E-state index in [0.717, 1.165) is 117 Å². The number of nitrogens with one attached hydrogen (secondary N) is 6. The van der Waals surface area contributed by atoms with Crippen LogP contribution in [-0.4, -0.2) is 69.7 Å². The maximum atomic E-state index is 13.5. The van der Waals surface area contributed by atoms with Crippen LogP contribution in [0.2, 0.25) is 0 Å². The second kappa shape index (κ2) is 20.1. The van der Waals surface area contributed by atoms with E-state index in [1.165, 1.54) is 0 Å². The molecule has 3 aromatic heterocycles. The van der Waals surface area contributed by atoms with Crippen LogP contribution in [-0.2, 0) is 0 Å². The van der Waals surface area contributed by atoms with Crippen molar-refractivity contribution in [1.82, 2.24) is 41.2 Å². The molecule has 8 bridgehead atoms. The molecule has 6 N–H and O–H groups in total. The van der Waals surface area contributed by atoms with Gasteiger partial charge in [0, 0.05) is 114 Å². The number of hydrogen-bond acceptors (Lipinski definition) is 6. The largest absolute Gasteiger partial charge is 0.354 e. The summed E-state index contributed by atoms with van der Waals surface area (Å²) in [5.74, 6) is -0.603. The van der Waals surface area contributed by atoms with E-state index >= 15 is 0 Å². The zero-order chi connectivity index (χ0) is 47.3. The SMILES string of the molecule is CCCCNC(=O)c1ccc2c(c1)-c1cc3[nH]c(cc4nc(cc5[nH]c(cc-2n1)c1ccc(C(=O)NCCCC)cc51)-c1cc(C(=O)NCCCC)ccc1-4)c1ccc(C(=O)NCCCC)cc31. The van der Waals surface area contributed by atoms with Crippen molar-refractivity contribution in [1.29, 1.82) is 0 Å². The van der Waals surface area contributed by atoms with Crippen molar-refractivity contribution in [2.45, 2.75) is 79.1 Å². The number of aromatic amines is 2. The molecule has 7 aromatic rings. The molecule has 346 valence electrons. The van der Waals surface area contributed by atoms with Crippen molar-refractivity contribution < 1.29 is 19.2 Å². The fourth-order valence-corrected chi connectivity index (χ4v) is 8.95. The zero-order valence-electron chi connectivity index (χ0n) is 39.3. The van der Waals surface area contributed by atoms with E-state index in [0.29, 0.717) is 71.2 Å². The van der Waals surface area contributed by atoms with Gasteiger partial charge in [-0.2, -0.15) is 0 Å². The molecule has 0 unspecified atom stereocenters. The van der Waals surface area contributed by atoms with Crippen LogP contribution in [0.3, 0.4) is 0 Å². The van der Waals surface area contributed by atoms with Crippen LogP contribution in [0.15, 0.2) is 97.1 Å². The highest BCUT2D eigenvalue weighted by atomic mass is 16.2. The summed E-state index contributed by atoms with van der Waals surface area (Å²) in [6.07, 6.45) is 7.39. The molecule has 0 aliphatic carbocycles. The van der Waals surface area contributed by atoms with Crippen molar-refractivity contribution in [2.75, 3.05) is 26.2 Å². The summed E-state index contributed by atoms with van der Waals surface area (Å²) in [5.41, 5.74) is 11.1. The number of carbonyl (C=O) groups is 4. The van der Waals surface area contributed by atoms with Gasteiger partial charge in [0.05, 0.1) is 22.8 Å². The second-order valence-corrected chi connectivity index (χ2v) is 17.7. The van der Waals surface area contributed by atoms with Gasteiger partial charge in [-0.15, -0.1) is 0 Å². The Morgan fingerprint density at radius 3 is 1.00 bits per heavy atom. The average molecular weight is 907 g/mol. The Labute approximate surface area is 395 Å². The van der Waals surface area contributed by atoms with E-state index in [9.17, 15) is 19.2 Å². The number of H-pyrrole nitrogens is 2. The van der Waals surface area contributed by atoms with E-state index in [2.05, 4.69) is 58.9 Å². The van der Waals surface area contributed by atoms with E-state index < -0.39 is 0 Å². The maximum absolute atomic E-state index is 13.5. The molecule has 0 fully saturated rings. The van der Waals surface area contributed by atoms with Crippen LogP contribution in [0.4, 0.5) is 0 Å². The number of benzene rings is 4. The van der Waals surface area contributed by atoms with Gasteiger partial charge in [0.25, 0.3) is 23.6 Å². The first-order chi connectivity index (χ1) is 33.2. The Bertz CT molecular complexity index is 3070. The predicted molar refractivity (Wildman–Crippen MR) is 274 cm³/mol. The summed E-state index contributed by atoms with van der Waals surface area (Å²) < 4.78 is 0. The third kappa shape index (κ3) is 9.23. The van der Waals surface area contributed by atoms with Gasteiger partial charge in [-0.3, -0.25) is 19.2 Å². The first-order valence-corrected chi connectivity index (χ1v) is 24.2. The lowest BCUT2D eigenvalue weighted by Crippen LogP contribution is -2.24. The number of fused-ring (bicyclic) bond motifs is 20. The van der Waals surface area contributed by atoms with Crippen LogP contribution in [0.5, 0.6) is 0 Å². The van der Waals surface area contributed by atoms with Gasteiger partial charge in [0.2, 0.25) is 0 Å². The van der Waals surface area contributed by atoms with Crippen molar-refractivity contribution >= 4 is 67.2 Å². The molecule has 0 saturated carbocycles. The third-order valence-electron chi connectivity index (χ3n) is 12.8. The Kier molecular flexibility index (Phi) is 13.5. The molecule has 12 heteroatoms. The van der Waals surface area contributed by atoms with E-state index in [-0.39, 0.29) is 23.6 Å². The molecule has 5 heterocycles. The number of nitrogens with zero attached hydrogens (tertiary/aromatic N) is 2. The fraction of sp³-hybridized carbons (Fsp3) is 0.286. The van der Waals surface area contributed by atoms with Crippen LogP contribution in [0, 0.1) is 0 Å². The second-order valence-electron chi connectivity index (χ2n) is 17.7. The van der Waals surface area contributed by atoms with Crippen molar-refractivity contribution in [3.8, 4) is 45.0 Å². The highest BCUT2D eigenvalue weighted by Gasteiger charge is 2.23. The van der Waals surface area contributed by atoms with Crippen LogP contribution >= 0.6 is 0 Å². The number of aromatic nitrogens is 4. The number of rotatable bonds is 16. The van der Waals surface area contributed by atoms with Crippen molar-refractivity contribution in [2.24, 2.45) is 0 Å². The topological polar surface area (TPSA) is 174 Å². The summed E-state index contributed by atoms with van der Waals surface area (Å²) >= 11 is 0. The molecule has 0 atom stereocenters. The highest BCUT2D eigenvalue weighted by Crippen LogP contribution is 2.41. The quantitative estimate of drug-likeness (QED) is 0.0526. The number of amides is 4. The van der Waals surface area contributed by atoms with Crippen LogP contribution in [0.25, 0.3) is 88.6 Å². The van der Waals surface area contributed by atoms with Crippen LogP contribution < -0.4 is 21.3 Å². The van der Waals surface area contributed by atoms with Gasteiger partial charge in [-0.25, -0.2) is 9.97 Å². The highest BCUT2D eigenvalue weighted by molar-refractivity contribution is 6.13. The normalized spacial score (nSPS) is 11.6. The van der Waals surface area contributed by atoms with Gasteiger partial charge in [0.1, 0.15) is 0 Å². The van der Waals surface area contributed by atoms with Gasteiger partial charge in [-0.1, -0.05) is 77.6 Å². The van der Waals surface area contributed by atoms with Gasteiger partial charge >= 0.3 is 0 Å². The minimum Gasteiger partial charge on any atom is -0.354 e. The van der Waals surface area contributed by atoms with Crippen molar-refractivity contribution in [3.05, 3.63) is 119 Å². The molecule has 68 heavy (non-hydrogen) atoms. The molecule has 0 saturated heterocycles. The molecule has 4 aromatic carbocycles. The molecule has 4 amide bonds. The summed E-state index contributed by atoms with van der Waals surface area (Å²) in [7, 11) is 0. The number of unbranched alkanes of at least 4 members (excludes halogenated alkanes) is 4. The smallest absolute Gasteiger partial charge is 0.251 e. The lowest BCUT2D eigenvalue weighted by molar-refractivity contribution is 0.0945. The summed E-state index contributed by atoms with van der Waals surface area (Å²) in [6, 6.07) is 30.8. The fourth-order valence-electron chi connectivity index (χ4n) is 8.95. The molecule has 2 aliphatic heterocycles. The van der Waals surface area contributed by atoms with Crippen LogP contribution in [0.1, 0.15) is 120 Å². The average Bonchev–Trinajstić information content (AvgIpc) is 4.08. The van der Waals surface area contributed by atoms with Gasteiger partial charge < -0.3 is 31.2 Å². The lowest BCUT2D eigenvalue weighted by atomic mass is 10.00. The van der Waals surface area contributed by atoms with Gasteiger partial charge in [0.15, 0.2) is 0 Å². The Morgan fingerprint density at radius 2 is 0.662 bits per heavy atom. The molecule has 2 aliphatic rings. The van der Waals surface area contributed by atoms with E-state index in [1.807, 2.05) is 97.1 Å². The van der Waals surface area contributed by atoms with E-state index in [1.54, 1.807) is 0 Å². The standard InChI is InChI=1S/C56H58N8O4/c1-5-9-21-57-53(65)33-13-17-37-41(25-33)49-31-50-42-26-34(54(66)58-22-10-6-2)14-18-38(42)47(62-50)30-48-40-20-16-36(56(68)60-24-12-8-4)28-44(40)52(64-48)32-51-43-27-35(55(67)59-23-11-7-3)15-19-39(43)46(63-51)29-45(37)61-49/h13-20,25-32,61,64H,5-12,21-24H2,1-4H3,(H,57,65)(H,58,66)(H,59,67)(H,60,68). The lowest BCUT2D eigenvalue weighted by Gasteiger charge is -2.07. The first-order valence-electron chi connectivity index (χ1n) is 24.2. The predicted octanol–water partition coefficient (Wildman–Crippen LogP) is 11.4. The third-order valence-corrected chi connectivity index (χ3v) is 12.8. The Balaban J connectivity index is 1.33. The molecule has 9 rings (SSSR count). The Hall–Kier alpha value is -7.60. The summed E-state index contributed by atoms with van der Waals surface area (Å²) in [6.45, 7) is 10.7. The van der Waals surface area contributed by atoms with Gasteiger partial charge in [-0.05, 0) is 98.5 Å². The minimum absolute atomic E-state index is 0.149. The minimum atomic E-state index is -0.153. The number of carbonyl (C=O) groups excluding carboxylic acids is 4. The summed E-state index contributed by atoms with van der Waals surface area (Å²) in [5, 5.41) is 15.6. The molecule has 0 spiro atoms. The number of hydrogen-bond donors (Lipinski definition) is 6. The molecule has 12 nitrogen and oxygen atoms in total. The first kappa shape index (κ1) is 45.6. The van der Waals surface area contributed by atoms with Crippen molar-refractivity contribution in [3.63, 3.8) is 0 Å². The maximum Gasteiger partial charge on any atom is 0.251 e. The monoisotopic (exact) mass is 906 g/mol.